The van der Waals surface area contributed by atoms with Crippen LogP contribution >= 0.6 is 0 Å². The van der Waals surface area contributed by atoms with Crippen molar-refractivity contribution in [2.75, 3.05) is 0 Å². The Bertz CT molecular complexity index is 1130. The van der Waals surface area contributed by atoms with Crippen LogP contribution in [0, 0.1) is 16.7 Å². The molecule has 3 amide bonds. The quantitative estimate of drug-likeness (QED) is 0.375. The zero-order valence-corrected chi connectivity index (χ0v) is 18.7. The molecule has 2 fully saturated rings. The minimum atomic E-state index is -5.15. The van der Waals surface area contributed by atoms with E-state index in [4.69, 9.17) is 5.41 Å². The van der Waals surface area contributed by atoms with Gasteiger partial charge in [0.05, 0.1) is 0 Å². The van der Waals surface area contributed by atoms with Crippen molar-refractivity contribution < 1.29 is 36.3 Å². The van der Waals surface area contributed by atoms with Crippen molar-refractivity contribution in [3.8, 4) is 0 Å². The van der Waals surface area contributed by atoms with Crippen LogP contribution in [0.5, 0.6) is 0 Å². The number of amidine groups is 1. The van der Waals surface area contributed by atoms with E-state index in [1.165, 1.54) is 36.7 Å². The van der Waals surface area contributed by atoms with Gasteiger partial charge in [-0.1, -0.05) is 25.0 Å². The third kappa shape index (κ3) is 4.57. The molecular formula is C23H23F5N4O3. The van der Waals surface area contributed by atoms with Gasteiger partial charge in [0.1, 0.15) is 11.3 Å². The SMILES string of the molecule is CC1(C(=O)N=CC2CCCCC2N2Cc3ccc(C(=N)NC(=O)C(F)(F)F)cc3C2=O)CC1(F)F. The van der Waals surface area contributed by atoms with Crippen molar-refractivity contribution in [3.63, 3.8) is 0 Å². The summed E-state index contributed by atoms with van der Waals surface area (Å²) < 4.78 is 64.4. The molecule has 4 rings (SSSR count). The molecule has 35 heavy (non-hydrogen) atoms. The molecule has 1 aromatic rings. The van der Waals surface area contributed by atoms with E-state index in [1.54, 1.807) is 4.90 Å². The molecule has 2 saturated carbocycles. The van der Waals surface area contributed by atoms with Gasteiger partial charge >= 0.3 is 12.1 Å². The summed E-state index contributed by atoms with van der Waals surface area (Å²) in [6, 6.07) is 3.80. The van der Waals surface area contributed by atoms with Crippen molar-refractivity contribution in [2.45, 2.75) is 63.7 Å². The van der Waals surface area contributed by atoms with Crippen LogP contribution in [-0.4, -0.2) is 52.8 Å². The minimum Gasteiger partial charge on any atom is -0.331 e. The molecule has 0 spiro atoms. The average Bonchev–Trinajstić information content (AvgIpc) is 3.15. The summed E-state index contributed by atoms with van der Waals surface area (Å²) in [4.78, 5) is 41.9. The molecule has 0 bridgehead atoms. The summed E-state index contributed by atoms with van der Waals surface area (Å²) in [7, 11) is 0. The molecule has 1 aromatic carbocycles. The van der Waals surface area contributed by atoms with E-state index < -0.39 is 47.5 Å². The van der Waals surface area contributed by atoms with Gasteiger partial charge in [0.2, 0.25) is 0 Å². The van der Waals surface area contributed by atoms with Gasteiger partial charge in [-0.25, -0.2) is 13.8 Å². The monoisotopic (exact) mass is 498 g/mol. The summed E-state index contributed by atoms with van der Waals surface area (Å²) in [6.45, 7) is 1.40. The fourth-order valence-electron chi connectivity index (χ4n) is 4.64. The van der Waals surface area contributed by atoms with Gasteiger partial charge in [0.15, 0.2) is 0 Å². The largest absolute Gasteiger partial charge is 0.471 e. The number of hydrogen-bond acceptors (Lipinski definition) is 4. The highest BCUT2D eigenvalue weighted by atomic mass is 19.4. The van der Waals surface area contributed by atoms with Crippen LogP contribution in [0.25, 0.3) is 0 Å². The Kier molecular flexibility index (Phi) is 6.05. The first-order valence-corrected chi connectivity index (χ1v) is 11.1. The lowest BCUT2D eigenvalue weighted by molar-refractivity contribution is -0.171. The number of carbonyl (C=O) groups is 3. The average molecular weight is 498 g/mol. The van der Waals surface area contributed by atoms with E-state index in [1.807, 2.05) is 0 Å². The van der Waals surface area contributed by atoms with Crippen molar-refractivity contribution in [1.82, 2.24) is 10.2 Å². The second-order valence-electron chi connectivity index (χ2n) is 9.44. The van der Waals surface area contributed by atoms with Crippen LogP contribution < -0.4 is 5.32 Å². The van der Waals surface area contributed by atoms with Crippen LogP contribution in [-0.2, 0) is 16.1 Å². The Labute approximate surface area is 197 Å². The van der Waals surface area contributed by atoms with E-state index in [2.05, 4.69) is 4.99 Å². The number of carbonyl (C=O) groups excluding carboxylic acids is 3. The normalized spacial score (nSPS) is 27.6. The Morgan fingerprint density at radius 2 is 1.89 bits per heavy atom. The van der Waals surface area contributed by atoms with Gasteiger partial charge < -0.3 is 10.2 Å². The number of aliphatic imine (C=N–C) groups is 1. The molecule has 0 saturated heterocycles. The fourth-order valence-corrected chi connectivity index (χ4v) is 4.64. The highest BCUT2D eigenvalue weighted by Crippen LogP contribution is 2.60. The molecule has 1 aliphatic heterocycles. The first-order chi connectivity index (χ1) is 16.2. The lowest BCUT2D eigenvalue weighted by Crippen LogP contribution is -2.43. The number of nitrogens with one attached hydrogen (secondary N) is 2. The second-order valence-corrected chi connectivity index (χ2v) is 9.44. The van der Waals surface area contributed by atoms with Crippen LogP contribution in [0.3, 0.4) is 0 Å². The molecule has 0 radical (unpaired) electrons. The predicted octanol–water partition coefficient (Wildman–Crippen LogP) is 3.85. The Hall–Kier alpha value is -3.18. The zero-order valence-electron chi connectivity index (χ0n) is 18.7. The van der Waals surface area contributed by atoms with E-state index in [0.717, 1.165) is 12.8 Å². The van der Waals surface area contributed by atoms with E-state index in [-0.39, 0.29) is 29.6 Å². The third-order valence-corrected chi connectivity index (χ3v) is 7.02. The number of rotatable bonds is 4. The molecule has 0 aromatic heterocycles. The molecule has 7 nitrogen and oxygen atoms in total. The van der Waals surface area contributed by atoms with E-state index in [0.29, 0.717) is 18.4 Å². The van der Waals surface area contributed by atoms with Crippen LogP contribution in [0.1, 0.15) is 60.5 Å². The Morgan fingerprint density at radius 1 is 1.23 bits per heavy atom. The summed E-state index contributed by atoms with van der Waals surface area (Å²) in [5, 5.41) is 9.23. The standard InChI is InChI=1S/C23H23F5N4O3/c1-21(11-22(21,24)25)19(34)30-9-13-4-2-3-5-16(13)32-10-14-7-6-12(8-15(14)18(32)33)17(29)31-20(35)23(26,27)28/h6-9,13,16H,2-5,10-11H2,1H3,(H2,29,31,35). The molecule has 3 atom stereocenters. The zero-order chi connectivity index (χ0) is 25.8. The van der Waals surface area contributed by atoms with Gasteiger partial charge in [-0.2, -0.15) is 13.2 Å². The molecule has 12 heteroatoms. The lowest BCUT2D eigenvalue weighted by Gasteiger charge is -2.36. The molecule has 2 N–H and O–H groups in total. The number of benzene rings is 1. The lowest BCUT2D eigenvalue weighted by atomic mass is 9.84. The smallest absolute Gasteiger partial charge is 0.331 e. The molecular weight excluding hydrogens is 475 g/mol. The summed E-state index contributed by atoms with van der Waals surface area (Å²) >= 11 is 0. The number of fused-ring (bicyclic) bond motifs is 1. The van der Waals surface area contributed by atoms with Crippen LogP contribution in [0.4, 0.5) is 22.0 Å². The first kappa shape index (κ1) is 24.9. The van der Waals surface area contributed by atoms with Gasteiger partial charge in [-0.3, -0.25) is 19.8 Å². The van der Waals surface area contributed by atoms with Crippen molar-refractivity contribution in [3.05, 3.63) is 34.9 Å². The van der Waals surface area contributed by atoms with Crippen LogP contribution in [0.15, 0.2) is 23.2 Å². The predicted molar refractivity (Wildman–Crippen MR) is 114 cm³/mol. The molecule has 3 unspecified atom stereocenters. The maximum absolute atomic E-state index is 13.5. The van der Waals surface area contributed by atoms with E-state index >= 15 is 0 Å². The molecule has 3 aliphatic rings. The number of nitrogens with zero attached hydrogens (tertiary/aromatic N) is 2. The second kappa shape index (κ2) is 8.49. The summed E-state index contributed by atoms with van der Waals surface area (Å²) in [5.41, 5.74) is -1.02. The Morgan fingerprint density at radius 3 is 2.51 bits per heavy atom. The van der Waals surface area contributed by atoms with Crippen molar-refractivity contribution in [2.24, 2.45) is 16.3 Å². The topological polar surface area (TPSA) is 103 Å². The minimum absolute atomic E-state index is 0.0532. The number of alkyl halides is 5. The number of amides is 3. The van der Waals surface area contributed by atoms with Gasteiger partial charge in [-0.05, 0) is 31.4 Å². The molecule has 1 heterocycles. The molecule has 2 aliphatic carbocycles. The third-order valence-electron chi connectivity index (χ3n) is 7.02. The molecule has 188 valence electrons. The van der Waals surface area contributed by atoms with Gasteiger partial charge in [-0.15, -0.1) is 0 Å². The first-order valence-electron chi connectivity index (χ1n) is 11.1. The summed E-state index contributed by atoms with van der Waals surface area (Å²) in [5.74, 6) is -7.72. The van der Waals surface area contributed by atoms with Gasteiger partial charge in [0.25, 0.3) is 17.7 Å². The maximum Gasteiger partial charge on any atom is 0.471 e. The number of halogens is 5. The highest BCUT2D eigenvalue weighted by molar-refractivity contribution is 6.09. The van der Waals surface area contributed by atoms with E-state index in [9.17, 15) is 36.3 Å². The Balaban J connectivity index is 1.49. The number of hydrogen-bond donors (Lipinski definition) is 2. The summed E-state index contributed by atoms with van der Waals surface area (Å²) in [6.07, 6.45) is -1.44. The van der Waals surface area contributed by atoms with Crippen molar-refractivity contribution in [1.29, 1.82) is 5.41 Å². The van der Waals surface area contributed by atoms with Crippen LogP contribution in [0.2, 0.25) is 0 Å². The fraction of sp³-hybridized carbons (Fsp3) is 0.522. The van der Waals surface area contributed by atoms with Gasteiger partial charge in [0, 0.05) is 42.3 Å². The highest BCUT2D eigenvalue weighted by Gasteiger charge is 2.72. The maximum atomic E-state index is 13.5. The van der Waals surface area contributed by atoms with Crippen molar-refractivity contribution >= 4 is 29.8 Å².